The zero-order valence-corrected chi connectivity index (χ0v) is 18.2. The van der Waals surface area contributed by atoms with Crippen LogP contribution in [-0.4, -0.2) is 84.9 Å². The monoisotopic (exact) mass is 415 g/mol. The fraction of sp³-hybridized carbons (Fsp3) is 0.591. The highest BCUT2D eigenvalue weighted by atomic mass is 16.2. The number of piperidine rings is 1. The molecule has 0 aromatic heterocycles. The van der Waals surface area contributed by atoms with Crippen molar-refractivity contribution in [3.8, 4) is 0 Å². The van der Waals surface area contributed by atoms with Gasteiger partial charge >= 0.3 is 6.03 Å². The Labute approximate surface area is 178 Å². The Hall–Kier alpha value is -2.61. The molecule has 2 aliphatic heterocycles. The fourth-order valence-electron chi connectivity index (χ4n) is 3.92. The van der Waals surface area contributed by atoms with Crippen LogP contribution in [0.1, 0.15) is 37.0 Å². The highest BCUT2D eigenvalue weighted by Crippen LogP contribution is 2.22. The SMILES string of the molecule is CC(C)NC(=O)Nc1ccc(C(=O)N2CCC(C(=O)N3CCN(C)CC3)CC2)cc1. The third kappa shape index (κ3) is 5.72. The number of anilines is 1. The number of hydrogen-bond acceptors (Lipinski definition) is 4. The maximum Gasteiger partial charge on any atom is 0.319 e. The number of rotatable bonds is 4. The van der Waals surface area contributed by atoms with Crippen molar-refractivity contribution in [3.05, 3.63) is 29.8 Å². The molecule has 0 bridgehead atoms. The van der Waals surface area contributed by atoms with Gasteiger partial charge in [0.1, 0.15) is 0 Å². The van der Waals surface area contributed by atoms with Crippen molar-refractivity contribution in [2.45, 2.75) is 32.7 Å². The third-order valence-electron chi connectivity index (χ3n) is 5.76. The molecule has 8 heteroatoms. The van der Waals surface area contributed by atoms with E-state index >= 15 is 0 Å². The van der Waals surface area contributed by atoms with Gasteiger partial charge in [-0.15, -0.1) is 0 Å². The van der Waals surface area contributed by atoms with Crippen LogP contribution in [0.3, 0.4) is 0 Å². The molecule has 2 aliphatic rings. The average Bonchev–Trinajstić information content (AvgIpc) is 2.73. The second-order valence-electron chi connectivity index (χ2n) is 8.53. The summed E-state index contributed by atoms with van der Waals surface area (Å²) in [5, 5.41) is 5.51. The smallest absolute Gasteiger partial charge is 0.319 e. The number of amides is 4. The number of piperazine rings is 1. The van der Waals surface area contributed by atoms with E-state index in [1.165, 1.54) is 0 Å². The molecule has 3 rings (SSSR count). The minimum absolute atomic E-state index is 0.0171. The van der Waals surface area contributed by atoms with Crippen LogP contribution in [0.5, 0.6) is 0 Å². The van der Waals surface area contributed by atoms with Gasteiger partial charge < -0.3 is 25.3 Å². The first-order chi connectivity index (χ1) is 14.3. The molecule has 0 radical (unpaired) electrons. The van der Waals surface area contributed by atoms with Gasteiger partial charge in [-0.1, -0.05) is 0 Å². The normalized spacial score (nSPS) is 18.4. The number of likely N-dealkylation sites (tertiary alicyclic amines) is 1. The summed E-state index contributed by atoms with van der Waals surface area (Å²) in [5.41, 5.74) is 1.23. The van der Waals surface area contributed by atoms with Gasteiger partial charge in [-0.25, -0.2) is 4.79 Å². The standard InChI is InChI=1S/C22H33N5O3/c1-16(2)23-22(30)24-19-6-4-17(5-7-19)20(28)26-10-8-18(9-11-26)21(29)27-14-12-25(3)13-15-27/h4-7,16,18H,8-15H2,1-3H3,(H2,23,24,30). The number of carbonyl (C=O) groups is 3. The first-order valence-corrected chi connectivity index (χ1v) is 10.8. The van der Waals surface area contributed by atoms with Crippen molar-refractivity contribution in [3.63, 3.8) is 0 Å². The van der Waals surface area contributed by atoms with Crippen LogP contribution < -0.4 is 10.6 Å². The molecule has 0 unspecified atom stereocenters. The van der Waals surface area contributed by atoms with Gasteiger partial charge in [0.15, 0.2) is 0 Å². The Kier molecular flexibility index (Phi) is 7.31. The number of likely N-dealkylation sites (N-methyl/N-ethyl adjacent to an activating group) is 1. The summed E-state index contributed by atoms with van der Waals surface area (Å²) in [5.74, 6) is 0.229. The van der Waals surface area contributed by atoms with Crippen molar-refractivity contribution >= 4 is 23.5 Å². The molecule has 2 fully saturated rings. The van der Waals surface area contributed by atoms with Crippen molar-refractivity contribution in [2.75, 3.05) is 51.6 Å². The number of benzene rings is 1. The van der Waals surface area contributed by atoms with E-state index < -0.39 is 0 Å². The molecule has 0 spiro atoms. The van der Waals surface area contributed by atoms with Gasteiger partial charge in [-0.05, 0) is 58.0 Å². The molecule has 4 amide bonds. The predicted molar refractivity (Wildman–Crippen MR) is 116 cm³/mol. The first kappa shape index (κ1) is 22.1. The zero-order chi connectivity index (χ0) is 21.7. The van der Waals surface area contributed by atoms with Gasteiger partial charge in [0.05, 0.1) is 0 Å². The van der Waals surface area contributed by atoms with Crippen LogP contribution in [0.25, 0.3) is 0 Å². The second-order valence-corrected chi connectivity index (χ2v) is 8.53. The number of hydrogen-bond donors (Lipinski definition) is 2. The van der Waals surface area contributed by atoms with E-state index in [9.17, 15) is 14.4 Å². The third-order valence-corrected chi connectivity index (χ3v) is 5.76. The molecule has 8 nitrogen and oxygen atoms in total. The largest absolute Gasteiger partial charge is 0.340 e. The summed E-state index contributed by atoms with van der Waals surface area (Å²) in [7, 11) is 2.08. The Morgan fingerprint density at radius 3 is 2.07 bits per heavy atom. The minimum atomic E-state index is -0.267. The van der Waals surface area contributed by atoms with Crippen LogP contribution in [0, 0.1) is 5.92 Å². The highest BCUT2D eigenvalue weighted by Gasteiger charge is 2.31. The molecule has 30 heavy (non-hydrogen) atoms. The maximum atomic E-state index is 12.8. The van der Waals surface area contributed by atoms with Gasteiger partial charge in [0.25, 0.3) is 5.91 Å². The topological polar surface area (TPSA) is 85.0 Å². The van der Waals surface area contributed by atoms with Crippen LogP contribution >= 0.6 is 0 Å². The lowest BCUT2D eigenvalue weighted by molar-refractivity contribution is -0.138. The summed E-state index contributed by atoms with van der Waals surface area (Å²) < 4.78 is 0. The molecule has 2 heterocycles. The van der Waals surface area contributed by atoms with Crippen LogP contribution in [-0.2, 0) is 4.79 Å². The lowest BCUT2D eigenvalue weighted by atomic mass is 9.94. The van der Waals surface area contributed by atoms with Gasteiger partial charge in [0, 0.05) is 62.5 Å². The molecular weight excluding hydrogens is 382 g/mol. The van der Waals surface area contributed by atoms with E-state index in [0.717, 1.165) is 26.2 Å². The minimum Gasteiger partial charge on any atom is -0.340 e. The lowest BCUT2D eigenvalue weighted by Crippen LogP contribution is -2.51. The Bertz CT molecular complexity index is 749. The first-order valence-electron chi connectivity index (χ1n) is 10.8. The van der Waals surface area contributed by atoms with Crippen LogP contribution in [0.15, 0.2) is 24.3 Å². The van der Waals surface area contributed by atoms with E-state index in [1.54, 1.807) is 24.3 Å². The van der Waals surface area contributed by atoms with Crippen molar-refractivity contribution in [1.29, 1.82) is 0 Å². The Balaban J connectivity index is 1.49. The van der Waals surface area contributed by atoms with E-state index in [-0.39, 0.29) is 29.8 Å². The van der Waals surface area contributed by atoms with E-state index in [0.29, 0.717) is 37.2 Å². The molecule has 0 saturated carbocycles. The van der Waals surface area contributed by atoms with Gasteiger partial charge in [-0.2, -0.15) is 0 Å². The lowest BCUT2D eigenvalue weighted by Gasteiger charge is -2.37. The number of urea groups is 1. The predicted octanol–water partition coefficient (Wildman–Crippen LogP) is 1.84. The fourth-order valence-corrected chi connectivity index (χ4v) is 3.92. The summed E-state index contributed by atoms with van der Waals surface area (Å²) >= 11 is 0. The van der Waals surface area contributed by atoms with Crippen molar-refractivity contribution in [1.82, 2.24) is 20.0 Å². The van der Waals surface area contributed by atoms with Crippen molar-refractivity contribution in [2.24, 2.45) is 5.92 Å². The highest BCUT2D eigenvalue weighted by molar-refractivity contribution is 5.95. The second kappa shape index (κ2) is 9.93. The zero-order valence-electron chi connectivity index (χ0n) is 18.2. The molecule has 1 aromatic carbocycles. The van der Waals surface area contributed by atoms with E-state index in [2.05, 4.69) is 22.6 Å². The quantitative estimate of drug-likeness (QED) is 0.786. The average molecular weight is 416 g/mol. The molecule has 2 saturated heterocycles. The van der Waals surface area contributed by atoms with Crippen LogP contribution in [0.2, 0.25) is 0 Å². The van der Waals surface area contributed by atoms with Crippen molar-refractivity contribution < 1.29 is 14.4 Å². The van der Waals surface area contributed by atoms with E-state index in [4.69, 9.17) is 0 Å². The molecule has 0 atom stereocenters. The van der Waals surface area contributed by atoms with Gasteiger partial charge in [-0.3, -0.25) is 9.59 Å². The molecular formula is C22H33N5O3. The summed E-state index contributed by atoms with van der Waals surface area (Å²) in [4.78, 5) is 43.4. The molecule has 1 aromatic rings. The number of nitrogens with zero attached hydrogens (tertiary/aromatic N) is 3. The number of carbonyl (C=O) groups excluding carboxylic acids is 3. The van der Waals surface area contributed by atoms with E-state index in [1.807, 2.05) is 23.6 Å². The Morgan fingerprint density at radius 1 is 0.900 bits per heavy atom. The molecule has 0 aliphatic carbocycles. The molecule has 164 valence electrons. The maximum absolute atomic E-state index is 12.8. The molecule has 2 N–H and O–H groups in total. The summed E-state index contributed by atoms with van der Waals surface area (Å²) in [6.45, 7) is 8.42. The number of nitrogens with one attached hydrogen (secondary N) is 2. The van der Waals surface area contributed by atoms with Gasteiger partial charge in [0.2, 0.25) is 5.91 Å². The van der Waals surface area contributed by atoms with Crippen LogP contribution in [0.4, 0.5) is 10.5 Å². The summed E-state index contributed by atoms with van der Waals surface area (Å²) in [6.07, 6.45) is 1.43. The summed E-state index contributed by atoms with van der Waals surface area (Å²) in [6, 6.07) is 6.71. The Morgan fingerprint density at radius 2 is 1.50 bits per heavy atom.